The molecule has 0 aliphatic rings. The van der Waals surface area contributed by atoms with Crippen LogP contribution in [0.3, 0.4) is 0 Å². The third-order valence-corrected chi connectivity index (χ3v) is 3.56. The summed E-state index contributed by atoms with van der Waals surface area (Å²) in [6, 6.07) is 10.2. The van der Waals surface area contributed by atoms with Gasteiger partial charge in [0.1, 0.15) is 11.5 Å². The second kappa shape index (κ2) is 7.38. The van der Waals surface area contributed by atoms with Gasteiger partial charge >= 0.3 is 0 Å². The summed E-state index contributed by atoms with van der Waals surface area (Å²) in [6.45, 7) is 0. The lowest BCUT2D eigenvalue weighted by molar-refractivity contribution is -0.115. The van der Waals surface area contributed by atoms with Crippen molar-refractivity contribution < 1.29 is 14.3 Å². The average Bonchev–Trinajstić information content (AvgIpc) is 2.47. The number of amides is 1. The molecule has 0 aliphatic carbocycles. The van der Waals surface area contributed by atoms with Crippen LogP contribution in [0, 0.1) is 0 Å². The average molecular weight is 340 g/mol. The summed E-state index contributed by atoms with van der Waals surface area (Å²) in [4.78, 5) is 12.1. The van der Waals surface area contributed by atoms with Crippen molar-refractivity contribution in [1.29, 1.82) is 0 Å². The summed E-state index contributed by atoms with van der Waals surface area (Å²) in [6.07, 6.45) is 0.146. The van der Waals surface area contributed by atoms with E-state index in [0.717, 1.165) is 0 Å². The standard InChI is InChI=1S/C16H15Cl2NO3/c1-21-14-5-3-11(17)7-10(14)8-16(20)19-12-4-6-15(22-2)13(18)9-12/h3-7,9H,8H2,1-2H3,(H,19,20). The first-order valence-corrected chi connectivity index (χ1v) is 7.25. The number of carbonyl (C=O) groups excluding carboxylic acids is 1. The topological polar surface area (TPSA) is 47.6 Å². The Hall–Kier alpha value is -1.91. The molecule has 0 saturated carbocycles. The molecule has 2 rings (SSSR count). The van der Waals surface area contributed by atoms with Crippen molar-refractivity contribution in [2.45, 2.75) is 6.42 Å². The third-order valence-electron chi connectivity index (χ3n) is 3.03. The molecule has 116 valence electrons. The van der Waals surface area contributed by atoms with Crippen LogP contribution < -0.4 is 14.8 Å². The summed E-state index contributed by atoms with van der Waals surface area (Å²) < 4.78 is 10.3. The van der Waals surface area contributed by atoms with Crippen molar-refractivity contribution in [3.8, 4) is 11.5 Å². The van der Waals surface area contributed by atoms with E-state index in [-0.39, 0.29) is 12.3 Å². The predicted molar refractivity (Wildman–Crippen MR) is 88.3 cm³/mol. The number of nitrogens with one attached hydrogen (secondary N) is 1. The molecular weight excluding hydrogens is 325 g/mol. The highest BCUT2D eigenvalue weighted by atomic mass is 35.5. The van der Waals surface area contributed by atoms with E-state index in [1.165, 1.54) is 7.11 Å². The molecule has 0 aliphatic heterocycles. The zero-order valence-electron chi connectivity index (χ0n) is 12.2. The second-order valence-electron chi connectivity index (χ2n) is 4.53. The molecule has 0 bridgehead atoms. The molecule has 1 N–H and O–H groups in total. The molecule has 0 atom stereocenters. The number of ether oxygens (including phenoxy) is 2. The maximum Gasteiger partial charge on any atom is 0.228 e. The zero-order chi connectivity index (χ0) is 16.1. The Balaban J connectivity index is 2.10. The van der Waals surface area contributed by atoms with Gasteiger partial charge in [-0.3, -0.25) is 4.79 Å². The van der Waals surface area contributed by atoms with Crippen LogP contribution in [-0.4, -0.2) is 20.1 Å². The number of methoxy groups -OCH3 is 2. The Morgan fingerprint density at radius 2 is 1.73 bits per heavy atom. The number of anilines is 1. The van der Waals surface area contributed by atoms with Gasteiger partial charge in [0.15, 0.2) is 0 Å². The summed E-state index contributed by atoms with van der Waals surface area (Å²) in [7, 11) is 3.08. The largest absolute Gasteiger partial charge is 0.496 e. The zero-order valence-corrected chi connectivity index (χ0v) is 13.7. The van der Waals surface area contributed by atoms with Gasteiger partial charge in [-0.25, -0.2) is 0 Å². The Morgan fingerprint density at radius 3 is 2.36 bits per heavy atom. The third kappa shape index (κ3) is 4.06. The molecule has 0 heterocycles. The van der Waals surface area contributed by atoms with Crippen molar-refractivity contribution in [2.24, 2.45) is 0 Å². The van der Waals surface area contributed by atoms with Crippen molar-refractivity contribution in [3.63, 3.8) is 0 Å². The van der Waals surface area contributed by atoms with E-state index in [1.54, 1.807) is 43.5 Å². The van der Waals surface area contributed by atoms with Gasteiger partial charge < -0.3 is 14.8 Å². The molecule has 0 spiro atoms. The van der Waals surface area contributed by atoms with Crippen LogP contribution >= 0.6 is 23.2 Å². The number of benzene rings is 2. The molecule has 0 radical (unpaired) electrons. The fraction of sp³-hybridized carbons (Fsp3) is 0.188. The number of hydrogen-bond acceptors (Lipinski definition) is 3. The first-order chi connectivity index (χ1) is 10.5. The fourth-order valence-corrected chi connectivity index (χ4v) is 2.46. The lowest BCUT2D eigenvalue weighted by Gasteiger charge is -2.10. The molecule has 4 nitrogen and oxygen atoms in total. The SMILES string of the molecule is COc1ccc(NC(=O)Cc2cc(Cl)ccc2OC)cc1Cl. The van der Waals surface area contributed by atoms with Gasteiger partial charge in [-0.15, -0.1) is 0 Å². The van der Waals surface area contributed by atoms with Crippen molar-refractivity contribution in [2.75, 3.05) is 19.5 Å². The minimum Gasteiger partial charge on any atom is -0.496 e. The number of hydrogen-bond donors (Lipinski definition) is 1. The van der Waals surface area contributed by atoms with Gasteiger partial charge in [-0.05, 0) is 36.4 Å². The normalized spacial score (nSPS) is 10.2. The minimum atomic E-state index is -0.193. The van der Waals surface area contributed by atoms with Crippen molar-refractivity contribution >= 4 is 34.8 Å². The van der Waals surface area contributed by atoms with Gasteiger partial charge in [-0.1, -0.05) is 23.2 Å². The van der Waals surface area contributed by atoms with Crippen LogP contribution in [-0.2, 0) is 11.2 Å². The van der Waals surface area contributed by atoms with E-state index in [2.05, 4.69) is 5.32 Å². The molecule has 0 aromatic heterocycles. The predicted octanol–water partition coefficient (Wildman–Crippen LogP) is 4.19. The monoisotopic (exact) mass is 339 g/mol. The Kier molecular flexibility index (Phi) is 5.52. The molecule has 6 heteroatoms. The maximum absolute atomic E-state index is 12.1. The second-order valence-corrected chi connectivity index (χ2v) is 5.37. The van der Waals surface area contributed by atoms with E-state index in [0.29, 0.717) is 32.8 Å². The fourth-order valence-electron chi connectivity index (χ4n) is 2.01. The highest BCUT2D eigenvalue weighted by Crippen LogP contribution is 2.28. The molecule has 2 aromatic carbocycles. The smallest absolute Gasteiger partial charge is 0.228 e. The van der Waals surface area contributed by atoms with Gasteiger partial charge in [0.25, 0.3) is 0 Å². The Bertz CT molecular complexity index is 689. The molecule has 0 fully saturated rings. The number of halogens is 2. The highest BCUT2D eigenvalue weighted by molar-refractivity contribution is 6.32. The molecular formula is C16H15Cl2NO3. The van der Waals surface area contributed by atoms with E-state index in [9.17, 15) is 4.79 Å². The molecule has 0 unspecified atom stereocenters. The number of rotatable bonds is 5. The Morgan fingerprint density at radius 1 is 1.05 bits per heavy atom. The van der Waals surface area contributed by atoms with E-state index >= 15 is 0 Å². The van der Waals surface area contributed by atoms with Crippen LogP contribution in [0.15, 0.2) is 36.4 Å². The van der Waals surface area contributed by atoms with Crippen LogP contribution in [0.1, 0.15) is 5.56 Å². The van der Waals surface area contributed by atoms with Crippen molar-refractivity contribution in [3.05, 3.63) is 52.0 Å². The first kappa shape index (κ1) is 16.5. The molecule has 22 heavy (non-hydrogen) atoms. The molecule has 0 saturated heterocycles. The van der Waals surface area contributed by atoms with Gasteiger partial charge in [0.2, 0.25) is 5.91 Å². The van der Waals surface area contributed by atoms with Gasteiger partial charge in [-0.2, -0.15) is 0 Å². The first-order valence-electron chi connectivity index (χ1n) is 6.49. The highest BCUT2D eigenvalue weighted by Gasteiger charge is 2.11. The lowest BCUT2D eigenvalue weighted by atomic mass is 10.1. The molecule has 1 amide bonds. The minimum absolute atomic E-state index is 0.146. The summed E-state index contributed by atoms with van der Waals surface area (Å²) in [5.41, 5.74) is 1.31. The quantitative estimate of drug-likeness (QED) is 0.888. The van der Waals surface area contributed by atoms with Crippen LogP contribution in [0.5, 0.6) is 11.5 Å². The van der Waals surface area contributed by atoms with E-state index in [4.69, 9.17) is 32.7 Å². The molecule has 2 aromatic rings. The maximum atomic E-state index is 12.1. The van der Waals surface area contributed by atoms with Gasteiger partial charge in [0, 0.05) is 16.3 Å². The summed E-state index contributed by atoms with van der Waals surface area (Å²) in [5, 5.41) is 3.76. The van der Waals surface area contributed by atoms with Crippen molar-refractivity contribution in [1.82, 2.24) is 0 Å². The summed E-state index contributed by atoms with van der Waals surface area (Å²) >= 11 is 12.0. The van der Waals surface area contributed by atoms with Crippen LogP contribution in [0.2, 0.25) is 10.0 Å². The summed E-state index contributed by atoms with van der Waals surface area (Å²) in [5.74, 6) is 0.977. The van der Waals surface area contributed by atoms with Crippen LogP contribution in [0.25, 0.3) is 0 Å². The van der Waals surface area contributed by atoms with Crippen LogP contribution in [0.4, 0.5) is 5.69 Å². The number of carbonyl (C=O) groups is 1. The van der Waals surface area contributed by atoms with E-state index in [1.807, 2.05) is 0 Å². The van der Waals surface area contributed by atoms with Gasteiger partial charge in [0.05, 0.1) is 25.7 Å². The lowest BCUT2D eigenvalue weighted by Crippen LogP contribution is -2.15. The van der Waals surface area contributed by atoms with E-state index < -0.39 is 0 Å². The Labute approximate surface area is 138 Å².